The van der Waals surface area contributed by atoms with E-state index in [2.05, 4.69) is 26.8 Å². The molecule has 1 aliphatic rings. The van der Waals surface area contributed by atoms with Crippen molar-refractivity contribution in [3.63, 3.8) is 0 Å². The Labute approximate surface area is 74.9 Å². The van der Waals surface area contributed by atoms with Gasteiger partial charge in [0, 0.05) is 11.8 Å². The van der Waals surface area contributed by atoms with Crippen LogP contribution in [0.1, 0.15) is 46.5 Å². The molecule has 0 aromatic rings. The van der Waals surface area contributed by atoms with Gasteiger partial charge < -0.3 is 0 Å². The average Bonchev–Trinajstić information content (AvgIpc) is 1.94. The molecule has 0 radical (unpaired) electrons. The summed E-state index contributed by atoms with van der Waals surface area (Å²) in [6.45, 7) is 6.20. The smallest absolute Gasteiger partial charge is 0.142 e. The van der Waals surface area contributed by atoms with Gasteiger partial charge in [0.1, 0.15) is 5.78 Å². The van der Waals surface area contributed by atoms with Crippen LogP contribution in [0, 0.1) is 5.41 Å². The van der Waals surface area contributed by atoms with Crippen LogP contribution in [0.25, 0.3) is 0 Å². The van der Waals surface area contributed by atoms with Gasteiger partial charge in [-0.1, -0.05) is 18.1 Å². The van der Waals surface area contributed by atoms with Gasteiger partial charge in [0.05, 0.1) is 0 Å². The van der Waals surface area contributed by atoms with Crippen molar-refractivity contribution in [2.45, 2.75) is 46.5 Å². The zero-order valence-corrected chi connectivity index (χ0v) is 8.31. The molecule has 0 aliphatic heterocycles. The van der Waals surface area contributed by atoms with Crippen LogP contribution < -0.4 is 0 Å². The van der Waals surface area contributed by atoms with Crippen molar-refractivity contribution in [1.82, 2.24) is 0 Å². The van der Waals surface area contributed by atoms with Crippen molar-refractivity contribution in [2.24, 2.45) is 5.41 Å². The van der Waals surface area contributed by atoms with Crippen LogP contribution in [0.5, 0.6) is 0 Å². The Bertz CT molecular complexity index is 211. The maximum absolute atomic E-state index is 11.6. The molecule has 1 unspecified atom stereocenters. The van der Waals surface area contributed by atoms with Gasteiger partial charge in [-0.3, -0.25) is 4.79 Å². The number of allylic oxidation sites excluding steroid dienone is 2. The third kappa shape index (κ3) is 1.96. The zero-order valence-electron chi connectivity index (χ0n) is 8.31. The van der Waals surface area contributed by atoms with Crippen LogP contribution in [0.4, 0.5) is 0 Å². The van der Waals surface area contributed by atoms with E-state index in [0.717, 1.165) is 19.3 Å². The van der Waals surface area contributed by atoms with Gasteiger partial charge in [-0.05, 0) is 33.6 Å². The van der Waals surface area contributed by atoms with Gasteiger partial charge in [-0.25, -0.2) is 0 Å². The molecule has 1 nitrogen and oxygen atoms in total. The SMILES string of the molecule is CC(C)=CC1(C)CCCCC1=O. The second-order valence-electron chi connectivity index (χ2n) is 4.27. The number of carbonyl (C=O) groups excluding carboxylic acids is 1. The molecular formula is C11H18O. The van der Waals surface area contributed by atoms with E-state index >= 15 is 0 Å². The Morgan fingerprint density at radius 1 is 1.42 bits per heavy atom. The number of hydrogen-bond acceptors (Lipinski definition) is 1. The predicted octanol–water partition coefficient (Wildman–Crippen LogP) is 3.10. The molecule has 0 heterocycles. The normalized spacial score (nSPS) is 30.1. The standard InChI is InChI=1S/C11H18O/c1-9(2)8-11(3)7-5-4-6-10(11)12/h8H,4-7H2,1-3H3. The van der Waals surface area contributed by atoms with Crippen molar-refractivity contribution in [2.75, 3.05) is 0 Å². The lowest BCUT2D eigenvalue weighted by atomic mass is 9.74. The highest BCUT2D eigenvalue weighted by molar-refractivity contribution is 5.87. The van der Waals surface area contributed by atoms with Crippen molar-refractivity contribution in [3.05, 3.63) is 11.6 Å². The van der Waals surface area contributed by atoms with E-state index < -0.39 is 0 Å². The first kappa shape index (κ1) is 9.50. The Balaban J connectivity index is 2.80. The number of ketones is 1. The summed E-state index contributed by atoms with van der Waals surface area (Å²) < 4.78 is 0. The average molecular weight is 166 g/mol. The highest BCUT2D eigenvalue weighted by Crippen LogP contribution is 2.34. The summed E-state index contributed by atoms with van der Waals surface area (Å²) in [5.74, 6) is 0.426. The third-order valence-corrected chi connectivity index (χ3v) is 2.59. The number of hydrogen-bond donors (Lipinski definition) is 0. The topological polar surface area (TPSA) is 17.1 Å². The second-order valence-corrected chi connectivity index (χ2v) is 4.27. The summed E-state index contributed by atoms with van der Waals surface area (Å²) in [5.41, 5.74) is 1.12. The van der Waals surface area contributed by atoms with Crippen molar-refractivity contribution in [3.8, 4) is 0 Å². The quantitative estimate of drug-likeness (QED) is 0.547. The van der Waals surface area contributed by atoms with Crippen LogP contribution in [0.15, 0.2) is 11.6 Å². The summed E-state index contributed by atoms with van der Waals surface area (Å²) >= 11 is 0. The predicted molar refractivity (Wildman–Crippen MR) is 51.0 cm³/mol. The van der Waals surface area contributed by atoms with E-state index in [0.29, 0.717) is 5.78 Å². The second kappa shape index (κ2) is 3.42. The largest absolute Gasteiger partial charge is 0.299 e. The zero-order chi connectivity index (χ0) is 9.19. The Hall–Kier alpha value is -0.590. The molecule has 0 spiro atoms. The van der Waals surface area contributed by atoms with Crippen molar-refractivity contribution in [1.29, 1.82) is 0 Å². The first-order valence-electron chi connectivity index (χ1n) is 4.74. The van der Waals surface area contributed by atoms with E-state index in [4.69, 9.17) is 0 Å². The minimum Gasteiger partial charge on any atom is -0.299 e. The highest BCUT2D eigenvalue weighted by Gasteiger charge is 2.32. The lowest BCUT2D eigenvalue weighted by Gasteiger charge is -2.29. The van der Waals surface area contributed by atoms with Crippen LogP contribution in [0.2, 0.25) is 0 Å². The molecule has 1 saturated carbocycles. The van der Waals surface area contributed by atoms with E-state index in [-0.39, 0.29) is 5.41 Å². The fraction of sp³-hybridized carbons (Fsp3) is 0.727. The van der Waals surface area contributed by atoms with Crippen LogP contribution >= 0.6 is 0 Å². The molecule has 0 N–H and O–H groups in total. The molecule has 0 aromatic heterocycles. The molecular weight excluding hydrogens is 148 g/mol. The summed E-state index contributed by atoms with van der Waals surface area (Å²) in [6, 6.07) is 0. The van der Waals surface area contributed by atoms with E-state index in [1.807, 2.05) is 0 Å². The molecule has 1 atom stereocenters. The maximum Gasteiger partial charge on any atom is 0.142 e. The van der Waals surface area contributed by atoms with Crippen molar-refractivity contribution >= 4 is 5.78 Å². The van der Waals surface area contributed by atoms with Crippen LogP contribution in [-0.4, -0.2) is 5.78 Å². The van der Waals surface area contributed by atoms with Gasteiger partial charge >= 0.3 is 0 Å². The van der Waals surface area contributed by atoms with Gasteiger partial charge in [0.15, 0.2) is 0 Å². The fourth-order valence-corrected chi connectivity index (χ4v) is 1.99. The molecule has 0 amide bonds. The molecule has 1 rings (SSSR count). The van der Waals surface area contributed by atoms with Gasteiger partial charge in [-0.15, -0.1) is 0 Å². The van der Waals surface area contributed by atoms with E-state index in [9.17, 15) is 4.79 Å². The van der Waals surface area contributed by atoms with Gasteiger partial charge in [0.25, 0.3) is 0 Å². The molecule has 1 fully saturated rings. The lowest BCUT2D eigenvalue weighted by Crippen LogP contribution is -2.29. The van der Waals surface area contributed by atoms with Crippen LogP contribution in [0.3, 0.4) is 0 Å². The summed E-state index contributed by atoms with van der Waals surface area (Å²) in [7, 11) is 0. The highest BCUT2D eigenvalue weighted by atomic mass is 16.1. The van der Waals surface area contributed by atoms with Crippen LogP contribution in [-0.2, 0) is 4.79 Å². The summed E-state index contributed by atoms with van der Waals surface area (Å²) in [6.07, 6.45) is 6.24. The molecule has 0 bridgehead atoms. The molecule has 1 aliphatic carbocycles. The first-order chi connectivity index (χ1) is 5.54. The van der Waals surface area contributed by atoms with Crippen molar-refractivity contribution < 1.29 is 4.79 Å². The molecule has 0 saturated heterocycles. The lowest BCUT2D eigenvalue weighted by molar-refractivity contribution is -0.127. The third-order valence-electron chi connectivity index (χ3n) is 2.59. The van der Waals surface area contributed by atoms with E-state index in [1.54, 1.807) is 0 Å². The first-order valence-corrected chi connectivity index (χ1v) is 4.74. The van der Waals surface area contributed by atoms with Gasteiger partial charge in [-0.2, -0.15) is 0 Å². The number of rotatable bonds is 1. The molecule has 68 valence electrons. The number of carbonyl (C=O) groups is 1. The fourth-order valence-electron chi connectivity index (χ4n) is 1.99. The minimum absolute atomic E-state index is 0.142. The monoisotopic (exact) mass is 166 g/mol. The Morgan fingerprint density at radius 2 is 2.08 bits per heavy atom. The molecule has 0 aromatic carbocycles. The van der Waals surface area contributed by atoms with E-state index in [1.165, 1.54) is 12.0 Å². The Kier molecular flexibility index (Phi) is 2.71. The summed E-state index contributed by atoms with van der Waals surface area (Å²) in [4.78, 5) is 11.6. The molecule has 12 heavy (non-hydrogen) atoms. The number of Topliss-reactive ketones (excluding diaryl/α,β-unsaturated/α-hetero) is 1. The molecule has 1 heteroatoms. The summed E-state index contributed by atoms with van der Waals surface area (Å²) in [5, 5.41) is 0. The Morgan fingerprint density at radius 3 is 2.58 bits per heavy atom. The maximum atomic E-state index is 11.6. The van der Waals surface area contributed by atoms with Gasteiger partial charge in [0.2, 0.25) is 0 Å². The minimum atomic E-state index is -0.142.